The Morgan fingerprint density at radius 1 is 1.10 bits per heavy atom. The van der Waals surface area contributed by atoms with Crippen LogP contribution >= 0.6 is 0 Å². The number of ether oxygens (including phenoxy) is 1. The molecule has 4 rings (SSSR count). The smallest absolute Gasteiger partial charge is 0.227 e. The zero-order valence-electron chi connectivity index (χ0n) is 18.7. The summed E-state index contributed by atoms with van der Waals surface area (Å²) in [6.07, 6.45) is 11.9. The topological polar surface area (TPSA) is 45.7 Å². The van der Waals surface area contributed by atoms with E-state index in [4.69, 9.17) is 4.74 Å². The Bertz CT molecular complexity index is 828. The first-order valence-corrected chi connectivity index (χ1v) is 11.8. The Morgan fingerprint density at radius 2 is 1.87 bits per heavy atom. The number of methoxy groups -OCH3 is 1. The van der Waals surface area contributed by atoms with Gasteiger partial charge in [-0.2, -0.15) is 0 Å². The molecule has 2 aromatic rings. The second-order valence-corrected chi connectivity index (χ2v) is 9.04. The average Bonchev–Trinajstić information content (AvgIpc) is 3.35. The Kier molecular flexibility index (Phi) is 7.57. The summed E-state index contributed by atoms with van der Waals surface area (Å²) < 4.78 is 5.47. The fourth-order valence-corrected chi connectivity index (χ4v) is 5.17. The van der Waals surface area contributed by atoms with Gasteiger partial charge in [0.15, 0.2) is 0 Å². The van der Waals surface area contributed by atoms with Crippen LogP contribution in [-0.4, -0.2) is 53.5 Å². The summed E-state index contributed by atoms with van der Waals surface area (Å²) in [5.74, 6) is 1.50. The maximum Gasteiger partial charge on any atom is 0.227 e. The molecule has 1 aromatic heterocycles. The highest BCUT2D eigenvalue weighted by Gasteiger charge is 2.29. The van der Waals surface area contributed by atoms with Crippen LogP contribution in [0.15, 0.2) is 48.8 Å². The molecule has 0 bridgehead atoms. The molecule has 1 saturated carbocycles. The van der Waals surface area contributed by atoms with Crippen LogP contribution in [0.3, 0.4) is 0 Å². The number of likely N-dealkylation sites (tertiary alicyclic amines) is 1. The van der Waals surface area contributed by atoms with E-state index in [1.807, 2.05) is 41.4 Å². The van der Waals surface area contributed by atoms with E-state index >= 15 is 0 Å². The van der Waals surface area contributed by atoms with Crippen molar-refractivity contribution in [3.63, 3.8) is 0 Å². The molecule has 0 spiro atoms. The minimum absolute atomic E-state index is 0.159. The van der Waals surface area contributed by atoms with Crippen LogP contribution in [0.5, 0.6) is 5.75 Å². The summed E-state index contributed by atoms with van der Waals surface area (Å²) in [7, 11) is 1.66. The molecule has 1 aliphatic carbocycles. The van der Waals surface area contributed by atoms with Crippen molar-refractivity contribution < 1.29 is 9.53 Å². The van der Waals surface area contributed by atoms with Crippen LogP contribution < -0.4 is 4.74 Å². The van der Waals surface area contributed by atoms with Crippen LogP contribution in [0, 0.1) is 5.92 Å². The van der Waals surface area contributed by atoms with E-state index in [2.05, 4.69) is 16.0 Å². The number of hydrogen-bond donors (Lipinski definition) is 0. The van der Waals surface area contributed by atoms with Gasteiger partial charge in [0.05, 0.1) is 13.5 Å². The number of piperidine rings is 1. The van der Waals surface area contributed by atoms with Gasteiger partial charge in [-0.05, 0) is 62.4 Å². The Balaban J connectivity index is 1.41. The predicted molar refractivity (Wildman–Crippen MR) is 123 cm³/mol. The number of carbonyl (C=O) groups excluding carboxylic acids is 1. The van der Waals surface area contributed by atoms with Gasteiger partial charge in [0.2, 0.25) is 5.91 Å². The average molecular weight is 422 g/mol. The zero-order chi connectivity index (χ0) is 21.5. The highest BCUT2D eigenvalue weighted by molar-refractivity contribution is 5.79. The molecular formula is C26H35N3O2. The number of hydrogen-bond acceptors (Lipinski definition) is 4. The molecule has 1 aromatic carbocycles. The van der Waals surface area contributed by atoms with Crippen molar-refractivity contribution in [1.29, 1.82) is 0 Å². The molecule has 5 nitrogen and oxygen atoms in total. The molecule has 0 atom stereocenters. The van der Waals surface area contributed by atoms with Crippen molar-refractivity contribution in [2.75, 3.05) is 26.7 Å². The maximum absolute atomic E-state index is 13.4. The number of benzene rings is 1. The SMILES string of the molecule is COc1ccccc1CC(=O)N(Cc1cccnc1)CC1CCN(C2CCCC2)CC1. The summed E-state index contributed by atoms with van der Waals surface area (Å²) in [6.45, 7) is 3.79. The third-order valence-electron chi connectivity index (χ3n) is 6.95. The van der Waals surface area contributed by atoms with Gasteiger partial charge in [0, 0.05) is 37.1 Å². The molecule has 1 saturated heterocycles. The standard InChI is InChI=1S/C26H35N3O2/c1-31-25-11-5-2-8-23(25)17-26(30)29(20-22-7-6-14-27-18-22)19-21-12-15-28(16-13-21)24-9-3-4-10-24/h2,5-8,11,14,18,21,24H,3-4,9-10,12-13,15-17,19-20H2,1H3. The maximum atomic E-state index is 13.4. The van der Waals surface area contributed by atoms with E-state index in [0.717, 1.165) is 29.5 Å². The summed E-state index contributed by atoms with van der Waals surface area (Å²) in [5.41, 5.74) is 2.03. The van der Waals surface area contributed by atoms with Gasteiger partial charge < -0.3 is 14.5 Å². The van der Waals surface area contributed by atoms with Crippen molar-refractivity contribution in [2.45, 2.75) is 57.5 Å². The minimum atomic E-state index is 0.159. The molecule has 2 aliphatic rings. The molecule has 0 unspecified atom stereocenters. The van der Waals surface area contributed by atoms with E-state index in [-0.39, 0.29) is 5.91 Å². The van der Waals surface area contributed by atoms with Gasteiger partial charge >= 0.3 is 0 Å². The van der Waals surface area contributed by atoms with Gasteiger partial charge in [-0.25, -0.2) is 0 Å². The van der Waals surface area contributed by atoms with E-state index < -0.39 is 0 Å². The third kappa shape index (κ3) is 5.85. The number of pyridine rings is 1. The molecule has 2 heterocycles. The van der Waals surface area contributed by atoms with Gasteiger partial charge in [0.1, 0.15) is 5.75 Å². The molecule has 31 heavy (non-hydrogen) atoms. The number of para-hydroxylation sites is 1. The first-order valence-electron chi connectivity index (χ1n) is 11.8. The third-order valence-corrected chi connectivity index (χ3v) is 6.95. The zero-order valence-corrected chi connectivity index (χ0v) is 18.7. The van der Waals surface area contributed by atoms with Crippen LogP contribution in [0.4, 0.5) is 0 Å². The first kappa shape index (κ1) is 21.8. The molecule has 0 N–H and O–H groups in total. The van der Waals surface area contributed by atoms with E-state index in [1.165, 1.54) is 51.6 Å². The van der Waals surface area contributed by atoms with E-state index in [9.17, 15) is 4.79 Å². The van der Waals surface area contributed by atoms with Crippen molar-refractivity contribution >= 4 is 5.91 Å². The molecule has 2 fully saturated rings. The number of rotatable bonds is 8. The lowest BCUT2D eigenvalue weighted by molar-refractivity contribution is -0.132. The van der Waals surface area contributed by atoms with Crippen molar-refractivity contribution in [1.82, 2.24) is 14.8 Å². The van der Waals surface area contributed by atoms with Crippen LogP contribution in [-0.2, 0) is 17.8 Å². The number of nitrogens with zero attached hydrogens (tertiary/aromatic N) is 3. The summed E-state index contributed by atoms with van der Waals surface area (Å²) in [6, 6.07) is 12.6. The lowest BCUT2D eigenvalue weighted by Crippen LogP contribution is -2.44. The Hall–Kier alpha value is -2.40. The highest BCUT2D eigenvalue weighted by atomic mass is 16.5. The quantitative estimate of drug-likeness (QED) is 0.637. The molecule has 1 amide bonds. The normalized spacial score (nSPS) is 18.2. The van der Waals surface area contributed by atoms with Crippen LogP contribution in [0.25, 0.3) is 0 Å². The van der Waals surface area contributed by atoms with E-state index in [0.29, 0.717) is 18.9 Å². The minimum Gasteiger partial charge on any atom is -0.496 e. The van der Waals surface area contributed by atoms with Crippen molar-refractivity contribution in [2.24, 2.45) is 5.92 Å². The summed E-state index contributed by atoms with van der Waals surface area (Å²) >= 11 is 0. The summed E-state index contributed by atoms with van der Waals surface area (Å²) in [5, 5.41) is 0. The number of aromatic nitrogens is 1. The number of carbonyl (C=O) groups is 1. The predicted octanol–water partition coefficient (Wildman–Crippen LogP) is 4.32. The van der Waals surface area contributed by atoms with E-state index in [1.54, 1.807) is 13.3 Å². The van der Waals surface area contributed by atoms with Crippen LogP contribution in [0.2, 0.25) is 0 Å². The lowest BCUT2D eigenvalue weighted by atomic mass is 9.94. The van der Waals surface area contributed by atoms with Crippen molar-refractivity contribution in [3.8, 4) is 5.75 Å². The first-order chi connectivity index (χ1) is 15.2. The Labute approximate surface area is 186 Å². The van der Waals surface area contributed by atoms with Gasteiger partial charge in [-0.3, -0.25) is 9.78 Å². The van der Waals surface area contributed by atoms with Gasteiger partial charge in [-0.15, -0.1) is 0 Å². The van der Waals surface area contributed by atoms with Crippen LogP contribution in [0.1, 0.15) is 49.7 Å². The monoisotopic (exact) mass is 421 g/mol. The van der Waals surface area contributed by atoms with Gasteiger partial charge in [-0.1, -0.05) is 37.1 Å². The molecular weight excluding hydrogens is 386 g/mol. The largest absolute Gasteiger partial charge is 0.496 e. The molecule has 1 aliphatic heterocycles. The fraction of sp³-hybridized carbons (Fsp3) is 0.538. The number of amides is 1. The molecule has 0 radical (unpaired) electrons. The highest BCUT2D eigenvalue weighted by Crippen LogP contribution is 2.28. The fourth-order valence-electron chi connectivity index (χ4n) is 5.17. The Morgan fingerprint density at radius 3 is 2.58 bits per heavy atom. The molecule has 5 heteroatoms. The van der Waals surface area contributed by atoms with Gasteiger partial charge in [0.25, 0.3) is 0 Å². The lowest BCUT2D eigenvalue weighted by Gasteiger charge is -2.38. The second-order valence-electron chi connectivity index (χ2n) is 9.04. The molecule has 166 valence electrons. The van der Waals surface area contributed by atoms with Crippen molar-refractivity contribution in [3.05, 3.63) is 59.9 Å². The summed E-state index contributed by atoms with van der Waals surface area (Å²) in [4.78, 5) is 22.4. The second kappa shape index (κ2) is 10.8.